The number of rotatable bonds is 3. The second-order valence-electron chi connectivity index (χ2n) is 3.33. The molecule has 0 radical (unpaired) electrons. The summed E-state index contributed by atoms with van der Waals surface area (Å²) < 4.78 is 36.8. The summed E-state index contributed by atoms with van der Waals surface area (Å²) in [6.45, 7) is 2.37. The third kappa shape index (κ3) is 3.56. The van der Waals surface area contributed by atoms with Crippen molar-refractivity contribution < 1.29 is 13.2 Å². The number of halogens is 3. The fraction of sp³-hybridized carbons (Fsp3) is 0.556. The summed E-state index contributed by atoms with van der Waals surface area (Å²) in [5, 5.41) is 0. The molecular formula is C9H13F3N4. The summed E-state index contributed by atoms with van der Waals surface area (Å²) >= 11 is 0. The molecule has 0 bridgehead atoms. The van der Waals surface area contributed by atoms with Gasteiger partial charge in [0.15, 0.2) is 0 Å². The molecule has 4 nitrogen and oxygen atoms in total. The van der Waals surface area contributed by atoms with Gasteiger partial charge in [-0.05, 0) is 13.8 Å². The Hall–Kier alpha value is -1.53. The van der Waals surface area contributed by atoms with Gasteiger partial charge in [0, 0.05) is 12.6 Å². The van der Waals surface area contributed by atoms with Gasteiger partial charge in [-0.2, -0.15) is 13.2 Å². The molecule has 0 atom stereocenters. The smallest absolute Gasteiger partial charge is 0.384 e. The molecule has 0 aromatic carbocycles. The summed E-state index contributed by atoms with van der Waals surface area (Å²) in [6, 6.07) is 1.34. The first-order chi connectivity index (χ1) is 7.31. The zero-order valence-electron chi connectivity index (χ0n) is 9.04. The number of anilines is 2. The van der Waals surface area contributed by atoms with Gasteiger partial charge in [-0.3, -0.25) is 0 Å². The van der Waals surface area contributed by atoms with Gasteiger partial charge in [0.05, 0.1) is 0 Å². The molecule has 0 aliphatic heterocycles. The number of aromatic nitrogens is 2. The van der Waals surface area contributed by atoms with Crippen LogP contribution in [0.4, 0.5) is 24.8 Å². The lowest BCUT2D eigenvalue weighted by atomic mass is 10.4. The molecule has 0 saturated heterocycles. The van der Waals surface area contributed by atoms with Gasteiger partial charge in [0.1, 0.15) is 24.0 Å². The summed E-state index contributed by atoms with van der Waals surface area (Å²) in [5.41, 5.74) is 5.46. The third-order valence-corrected chi connectivity index (χ3v) is 1.92. The number of hydrogen-bond acceptors (Lipinski definition) is 4. The highest BCUT2D eigenvalue weighted by molar-refractivity contribution is 5.46. The SMILES string of the molecule is CCN(CC(F)(F)F)c1cc(N)nc(C)n1. The molecular weight excluding hydrogens is 221 g/mol. The fourth-order valence-electron chi connectivity index (χ4n) is 1.31. The standard InChI is InChI=1S/C9H13F3N4/c1-3-16(5-9(10,11)12)8-4-7(13)14-6(2)15-8/h4H,3,5H2,1-2H3,(H2,13,14,15). The molecule has 0 aliphatic carbocycles. The first-order valence-corrected chi connectivity index (χ1v) is 4.74. The van der Waals surface area contributed by atoms with Crippen LogP contribution in [0.15, 0.2) is 6.07 Å². The van der Waals surface area contributed by atoms with E-state index in [4.69, 9.17) is 5.73 Å². The Bertz CT molecular complexity index is 344. The highest BCUT2D eigenvalue weighted by Crippen LogP contribution is 2.21. The van der Waals surface area contributed by atoms with Gasteiger partial charge < -0.3 is 10.6 Å². The van der Waals surface area contributed by atoms with Crippen LogP contribution in [0.2, 0.25) is 0 Å². The van der Waals surface area contributed by atoms with Crippen LogP contribution >= 0.6 is 0 Å². The molecule has 16 heavy (non-hydrogen) atoms. The lowest BCUT2D eigenvalue weighted by molar-refractivity contribution is -0.119. The fourth-order valence-corrected chi connectivity index (χ4v) is 1.31. The molecule has 0 fully saturated rings. The van der Waals surface area contributed by atoms with E-state index in [2.05, 4.69) is 9.97 Å². The Morgan fingerprint density at radius 1 is 1.38 bits per heavy atom. The van der Waals surface area contributed by atoms with Gasteiger partial charge in [-0.25, -0.2) is 9.97 Å². The molecule has 1 aromatic rings. The van der Waals surface area contributed by atoms with Crippen LogP contribution in [0.3, 0.4) is 0 Å². The Kier molecular flexibility index (Phi) is 3.56. The number of nitrogens with zero attached hydrogens (tertiary/aromatic N) is 3. The first-order valence-electron chi connectivity index (χ1n) is 4.74. The van der Waals surface area contributed by atoms with Crippen LogP contribution in [-0.2, 0) is 0 Å². The van der Waals surface area contributed by atoms with E-state index in [0.29, 0.717) is 5.82 Å². The average Bonchev–Trinajstić information content (AvgIpc) is 2.11. The normalized spacial score (nSPS) is 11.6. The van der Waals surface area contributed by atoms with E-state index in [1.54, 1.807) is 13.8 Å². The second kappa shape index (κ2) is 4.54. The molecule has 7 heteroatoms. The van der Waals surface area contributed by atoms with Crippen LogP contribution in [0.1, 0.15) is 12.7 Å². The van der Waals surface area contributed by atoms with E-state index in [9.17, 15) is 13.2 Å². The Morgan fingerprint density at radius 2 is 2.00 bits per heavy atom. The van der Waals surface area contributed by atoms with Crippen molar-refractivity contribution in [2.24, 2.45) is 0 Å². The van der Waals surface area contributed by atoms with Crippen LogP contribution in [0.25, 0.3) is 0 Å². The van der Waals surface area contributed by atoms with Crippen LogP contribution < -0.4 is 10.6 Å². The molecule has 0 unspecified atom stereocenters. The van der Waals surface area contributed by atoms with E-state index in [1.165, 1.54) is 6.07 Å². The molecule has 1 rings (SSSR count). The maximum absolute atomic E-state index is 12.3. The quantitative estimate of drug-likeness (QED) is 0.865. The van der Waals surface area contributed by atoms with E-state index in [0.717, 1.165) is 4.90 Å². The molecule has 0 spiro atoms. The van der Waals surface area contributed by atoms with Gasteiger partial charge >= 0.3 is 6.18 Å². The van der Waals surface area contributed by atoms with E-state index in [-0.39, 0.29) is 18.2 Å². The first kappa shape index (κ1) is 12.5. The number of hydrogen-bond donors (Lipinski definition) is 1. The highest BCUT2D eigenvalue weighted by Gasteiger charge is 2.30. The minimum absolute atomic E-state index is 0.170. The van der Waals surface area contributed by atoms with Crippen LogP contribution in [-0.4, -0.2) is 29.2 Å². The van der Waals surface area contributed by atoms with Crippen LogP contribution in [0.5, 0.6) is 0 Å². The molecule has 1 heterocycles. The van der Waals surface area contributed by atoms with Crippen molar-refractivity contribution >= 4 is 11.6 Å². The van der Waals surface area contributed by atoms with E-state index < -0.39 is 12.7 Å². The minimum Gasteiger partial charge on any atom is -0.384 e. The Labute approximate surface area is 91.3 Å². The lowest BCUT2D eigenvalue weighted by Crippen LogP contribution is -2.34. The summed E-state index contributed by atoms with van der Waals surface area (Å²) in [7, 11) is 0. The van der Waals surface area contributed by atoms with Crippen LogP contribution in [0, 0.1) is 6.92 Å². The third-order valence-electron chi connectivity index (χ3n) is 1.92. The molecule has 0 saturated carbocycles. The van der Waals surface area contributed by atoms with Crippen molar-refractivity contribution in [3.8, 4) is 0 Å². The van der Waals surface area contributed by atoms with E-state index >= 15 is 0 Å². The van der Waals surface area contributed by atoms with Crippen molar-refractivity contribution in [3.63, 3.8) is 0 Å². The number of alkyl halides is 3. The average molecular weight is 234 g/mol. The maximum atomic E-state index is 12.3. The Morgan fingerprint density at radius 3 is 2.44 bits per heavy atom. The largest absolute Gasteiger partial charge is 0.405 e. The topological polar surface area (TPSA) is 55.0 Å². The summed E-state index contributed by atoms with van der Waals surface area (Å²) in [4.78, 5) is 8.83. The monoisotopic (exact) mass is 234 g/mol. The van der Waals surface area contributed by atoms with Gasteiger partial charge in [0.2, 0.25) is 0 Å². The predicted molar refractivity (Wildman–Crippen MR) is 55.1 cm³/mol. The zero-order chi connectivity index (χ0) is 12.3. The summed E-state index contributed by atoms with van der Waals surface area (Å²) in [5.74, 6) is 0.726. The lowest BCUT2D eigenvalue weighted by Gasteiger charge is -2.23. The number of nitrogen functional groups attached to an aromatic ring is 1. The highest BCUT2D eigenvalue weighted by atomic mass is 19.4. The predicted octanol–water partition coefficient (Wildman–Crippen LogP) is 1.76. The van der Waals surface area contributed by atoms with Gasteiger partial charge in [-0.15, -0.1) is 0 Å². The van der Waals surface area contributed by atoms with Gasteiger partial charge in [0.25, 0.3) is 0 Å². The van der Waals surface area contributed by atoms with Crippen molar-refractivity contribution in [3.05, 3.63) is 11.9 Å². The van der Waals surface area contributed by atoms with Crippen molar-refractivity contribution in [2.45, 2.75) is 20.0 Å². The Balaban J connectivity index is 2.95. The maximum Gasteiger partial charge on any atom is 0.405 e. The molecule has 0 amide bonds. The second-order valence-corrected chi connectivity index (χ2v) is 3.33. The molecule has 2 N–H and O–H groups in total. The van der Waals surface area contributed by atoms with Crippen molar-refractivity contribution in [1.82, 2.24) is 9.97 Å². The number of aryl methyl sites for hydroxylation is 1. The molecule has 0 aliphatic rings. The van der Waals surface area contributed by atoms with Crippen molar-refractivity contribution in [2.75, 3.05) is 23.7 Å². The van der Waals surface area contributed by atoms with Gasteiger partial charge in [-0.1, -0.05) is 0 Å². The van der Waals surface area contributed by atoms with Crippen molar-refractivity contribution in [1.29, 1.82) is 0 Å². The summed E-state index contributed by atoms with van der Waals surface area (Å²) in [6.07, 6.45) is -4.26. The number of nitrogens with two attached hydrogens (primary N) is 1. The molecule has 90 valence electrons. The zero-order valence-corrected chi connectivity index (χ0v) is 9.04. The molecule has 1 aromatic heterocycles. The minimum atomic E-state index is -4.26. The van der Waals surface area contributed by atoms with E-state index in [1.807, 2.05) is 0 Å².